The summed E-state index contributed by atoms with van der Waals surface area (Å²) in [6, 6.07) is 3.74. The van der Waals surface area contributed by atoms with Crippen molar-refractivity contribution >= 4 is 18.1 Å². The maximum absolute atomic E-state index is 10.8. The van der Waals surface area contributed by atoms with E-state index < -0.39 is 22.4 Å². The topological polar surface area (TPSA) is 113 Å². The zero-order chi connectivity index (χ0) is 13.9. The number of halogens is 1. The summed E-state index contributed by atoms with van der Waals surface area (Å²) >= 11 is 0. The number of aromatic hydroxyl groups is 1. The molecule has 0 bridgehead atoms. The SMILES string of the molecule is CC(C)C[C@H](N)c1cc(C#N)cc([N+](=O)[O-])c1O.Cl. The van der Waals surface area contributed by atoms with Gasteiger partial charge in [-0.3, -0.25) is 10.1 Å². The Morgan fingerprint density at radius 3 is 2.53 bits per heavy atom. The summed E-state index contributed by atoms with van der Waals surface area (Å²) in [5, 5.41) is 29.4. The third-order valence-electron chi connectivity index (χ3n) is 2.57. The maximum atomic E-state index is 10.8. The van der Waals surface area contributed by atoms with E-state index in [0.717, 1.165) is 6.07 Å². The first-order chi connectivity index (χ1) is 8.36. The first kappa shape index (κ1) is 17.2. The van der Waals surface area contributed by atoms with Gasteiger partial charge in [0.15, 0.2) is 5.75 Å². The van der Waals surface area contributed by atoms with Gasteiger partial charge in [0.1, 0.15) is 0 Å². The van der Waals surface area contributed by atoms with Gasteiger partial charge in [0.25, 0.3) is 0 Å². The molecule has 0 aliphatic carbocycles. The molecular weight excluding hydrogens is 270 g/mol. The predicted molar refractivity (Wildman–Crippen MR) is 73.1 cm³/mol. The molecule has 7 heteroatoms. The highest BCUT2D eigenvalue weighted by molar-refractivity contribution is 5.85. The highest BCUT2D eigenvalue weighted by atomic mass is 35.5. The number of nitro benzene ring substituents is 1. The number of rotatable bonds is 4. The van der Waals surface area contributed by atoms with Crippen LogP contribution in [-0.4, -0.2) is 10.0 Å². The fraction of sp³-hybridized carbons (Fsp3) is 0.417. The molecule has 0 radical (unpaired) electrons. The average molecular weight is 286 g/mol. The van der Waals surface area contributed by atoms with Crippen LogP contribution in [-0.2, 0) is 0 Å². The van der Waals surface area contributed by atoms with Crippen molar-refractivity contribution in [3.8, 4) is 11.8 Å². The summed E-state index contributed by atoms with van der Waals surface area (Å²) in [5.74, 6) is -0.170. The molecule has 0 heterocycles. The lowest BCUT2D eigenvalue weighted by molar-refractivity contribution is -0.386. The molecule has 0 amide bonds. The number of nitriles is 1. The molecule has 0 aliphatic heterocycles. The molecule has 0 saturated carbocycles. The molecule has 0 fully saturated rings. The van der Waals surface area contributed by atoms with Gasteiger partial charge in [-0.2, -0.15) is 5.26 Å². The molecule has 6 nitrogen and oxygen atoms in total. The van der Waals surface area contributed by atoms with Crippen LogP contribution in [0.3, 0.4) is 0 Å². The van der Waals surface area contributed by atoms with E-state index in [9.17, 15) is 15.2 Å². The molecule has 0 aromatic heterocycles. The second-order valence-electron chi connectivity index (χ2n) is 4.54. The Morgan fingerprint density at radius 1 is 1.53 bits per heavy atom. The molecule has 3 N–H and O–H groups in total. The Morgan fingerprint density at radius 2 is 2.11 bits per heavy atom. The lowest BCUT2D eigenvalue weighted by atomic mass is 9.95. The van der Waals surface area contributed by atoms with Crippen molar-refractivity contribution in [2.75, 3.05) is 0 Å². The molecule has 1 rings (SSSR count). The van der Waals surface area contributed by atoms with Crippen molar-refractivity contribution in [3.05, 3.63) is 33.4 Å². The number of phenolic OH excluding ortho intramolecular Hbond substituents is 1. The van der Waals surface area contributed by atoms with Crippen molar-refractivity contribution < 1.29 is 10.0 Å². The lowest BCUT2D eigenvalue weighted by Gasteiger charge is -2.16. The van der Waals surface area contributed by atoms with E-state index in [1.54, 1.807) is 0 Å². The van der Waals surface area contributed by atoms with Gasteiger partial charge in [-0.1, -0.05) is 13.8 Å². The Kier molecular flexibility index (Phi) is 6.25. The quantitative estimate of drug-likeness (QED) is 0.652. The van der Waals surface area contributed by atoms with Gasteiger partial charge in [-0.25, -0.2) is 0 Å². The Labute approximate surface area is 117 Å². The van der Waals surface area contributed by atoms with Crippen molar-refractivity contribution in [2.45, 2.75) is 26.3 Å². The van der Waals surface area contributed by atoms with Crippen LogP contribution in [0.15, 0.2) is 12.1 Å². The van der Waals surface area contributed by atoms with E-state index in [-0.39, 0.29) is 29.5 Å². The maximum Gasteiger partial charge on any atom is 0.312 e. The van der Waals surface area contributed by atoms with Crippen molar-refractivity contribution in [1.82, 2.24) is 0 Å². The normalized spacial score (nSPS) is 11.5. The number of nitrogens with two attached hydrogens (primary N) is 1. The highest BCUT2D eigenvalue weighted by Crippen LogP contribution is 2.35. The lowest BCUT2D eigenvalue weighted by Crippen LogP contribution is -2.13. The van der Waals surface area contributed by atoms with Gasteiger partial charge in [0, 0.05) is 17.7 Å². The van der Waals surface area contributed by atoms with Crippen LogP contribution in [0.25, 0.3) is 0 Å². The minimum atomic E-state index is -0.720. The molecule has 0 saturated heterocycles. The van der Waals surface area contributed by atoms with E-state index in [0.29, 0.717) is 6.42 Å². The number of nitro groups is 1. The molecule has 0 spiro atoms. The van der Waals surface area contributed by atoms with E-state index in [1.165, 1.54) is 6.07 Å². The number of hydrogen-bond acceptors (Lipinski definition) is 5. The molecule has 1 aromatic rings. The summed E-state index contributed by atoms with van der Waals surface area (Å²) in [4.78, 5) is 10.1. The summed E-state index contributed by atoms with van der Waals surface area (Å²) in [5.41, 5.74) is 5.78. The van der Waals surface area contributed by atoms with E-state index in [2.05, 4.69) is 0 Å². The summed E-state index contributed by atoms with van der Waals surface area (Å²) in [6.45, 7) is 3.92. The third-order valence-corrected chi connectivity index (χ3v) is 2.57. The summed E-state index contributed by atoms with van der Waals surface area (Å²) < 4.78 is 0. The van der Waals surface area contributed by atoms with E-state index in [4.69, 9.17) is 11.0 Å². The molecule has 104 valence electrons. The number of nitrogens with zero attached hydrogens (tertiary/aromatic N) is 2. The van der Waals surface area contributed by atoms with Crippen molar-refractivity contribution in [1.29, 1.82) is 5.26 Å². The Bertz CT molecular complexity index is 512. The summed E-state index contributed by atoms with van der Waals surface area (Å²) in [7, 11) is 0. The first-order valence-electron chi connectivity index (χ1n) is 5.53. The minimum absolute atomic E-state index is 0. The van der Waals surface area contributed by atoms with Crippen LogP contribution in [0.1, 0.15) is 37.4 Å². The molecule has 0 unspecified atom stereocenters. The Balaban J connectivity index is 0.00000324. The van der Waals surface area contributed by atoms with Crippen LogP contribution in [0.5, 0.6) is 5.75 Å². The molecule has 1 aromatic carbocycles. The second kappa shape index (κ2) is 6.92. The minimum Gasteiger partial charge on any atom is -0.502 e. The number of phenols is 1. The largest absolute Gasteiger partial charge is 0.502 e. The van der Waals surface area contributed by atoms with Gasteiger partial charge in [-0.15, -0.1) is 12.4 Å². The third kappa shape index (κ3) is 4.09. The average Bonchev–Trinajstić information content (AvgIpc) is 2.27. The fourth-order valence-corrected chi connectivity index (χ4v) is 1.76. The van der Waals surface area contributed by atoms with Gasteiger partial charge in [-0.05, 0) is 18.4 Å². The molecular formula is C12H16ClN3O3. The van der Waals surface area contributed by atoms with E-state index in [1.807, 2.05) is 19.9 Å². The van der Waals surface area contributed by atoms with Crippen molar-refractivity contribution in [2.24, 2.45) is 11.7 Å². The van der Waals surface area contributed by atoms with Gasteiger partial charge < -0.3 is 10.8 Å². The molecule has 19 heavy (non-hydrogen) atoms. The highest BCUT2D eigenvalue weighted by Gasteiger charge is 2.23. The molecule has 0 aliphatic rings. The Hall–Kier alpha value is -1.84. The number of hydrogen-bond donors (Lipinski definition) is 2. The zero-order valence-corrected chi connectivity index (χ0v) is 11.5. The monoisotopic (exact) mass is 285 g/mol. The molecule has 1 atom stereocenters. The van der Waals surface area contributed by atoms with Crippen molar-refractivity contribution in [3.63, 3.8) is 0 Å². The van der Waals surface area contributed by atoms with Crippen LogP contribution >= 0.6 is 12.4 Å². The van der Waals surface area contributed by atoms with Crippen LogP contribution in [0.4, 0.5) is 5.69 Å². The van der Waals surface area contributed by atoms with Crippen LogP contribution < -0.4 is 5.73 Å². The van der Waals surface area contributed by atoms with Gasteiger partial charge in [0.05, 0.1) is 16.6 Å². The first-order valence-corrected chi connectivity index (χ1v) is 5.53. The standard InChI is InChI=1S/C12H15N3O3.ClH/c1-7(2)3-10(14)9-4-8(6-13)5-11(12(9)16)15(17)18;/h4-5,7,10,16H,3,14H2,1-2H3;1H/t10-;/m0./s1. The number of benzene rings is 1. The zero-order valence-electron chi connectivity index (χ0n) is 10.7. The fourth-order valence-electron chi connectivity index (χ4n) is 1.76. The van der Waals surface area contributed by atoms with Gasteiger partial charge in [0.2, 0.25) is 0 Å². The van der Waals surface area contributed by atoms with Crippen LogP contribution in [0.2, 0.25) is 0 Å². The van der Waals surface area contributed by atoms with Gasteiger partial charge >= 0.3 is 5.69 Å². The van der Waals surface area contributed by atoms with Crippen LogP contribution in [0, 0.1) is 27.4 Å². The van der Waals surface area contributed by atoms with E-state index >= 15 is 0 Å². The smallest absolute Gasteiger partial charge is 0.312 e. The predicted octanol–water partition coefficient (Wildman–Crippen LogP) is 2.64. The summed E-state index contributed by atoms with van der Waals surface area (Å²) in [6.07, 6.45) is 0.569. The second-order valence-corrected chi connectivity index (χ2v) is 4.54.